The van der Waals surface area contributed by atoms with Crippen molar-refractivity contribution in [3.63, 3.8) is 0 Å². The van der Waals surface area contributed by atoms with Crippen molar-refractivity contribution in [1.29, 1.82) is 0 Å². The monoisotopic (exact) mass is 457 g/mol. The van der Waals surface area contributed by atoms with Gasteiger partial charge in [0.25, 0.3) is 5.91 Å². The Morgan fingerprint density at radius 2 is 1.90 bits per heavy atom. The Labute approximate surface area is 183 Å². The number of aromatic nitrogens is 3. The van der Waals surface area contributed by atoms with Gasteiger partial charge in [0, 0.05) is 37.1 Å². The lowest BCUT2D eigenvalue weighted by Gasteiger charge is -2.28. The van der Waals surface area contributed by atoms with Crippen LogP contribution in [-0.2, 0) is 21.1 Å². The summed E-state index contributed by atoms with van der Waals surface area (Å²) in [5.74, 6) is -0.788. The molecule has 0 saturated carbocycles. The van der Waals surface area contributed by atoms with Gasteiger partial charge < -0.3 is 0 Å². The maximum atomic E-state index is 13.1. The maximum absolute atomic E-state index is 13.1. The lowest BCUT2D eigenvalue weighted by atomic mass is 10.2. The number of hydrogen-bond donors (Lipinski definition) is 0. The molecule has 160 valence electrons. The summed E-state index contributed by atoms with van der Waals surface area (Å²) in [4.78, 5) is 38.7. The summed E-state index contributed by atoms with van der Waals surface area (Å²) in [5, 5.41) is 5.14. The van der Waals surface area contributed by atoms with E-state index in [-0.39, 0.29) is 22.8 Å². The molecular formula is C20H19N5O4S2. The van der Waals surface area contributed by atoms with Crippen LogP contribution in [0, 0.1) is 0 Å². The van der Waals surface area contributed by atoms with Crippen LogP contribution < -0.4 is 0 Å². The van der Waals surface area contributed by atoms with E-state index >= 15 is 0 Å². The summed E-state index contributed by atoms with van der Waals surface area (Å²) in [6.45, 7) is 0.720. The van der Waals surface area contributed by atoms with Gasteiger partial charge in [-0.1, -0.05) is 12.1 Å². The summed E-state index contributed by atoms with van der Waals surface area (Å²) in [6.07, 6.45) is 6.44. The molecule has 0 atom stereocenters. The normalized spacial score (nSPS) is 14.1. The maximum Gasteiger partial charge on any atom is 0.273 e. The second kappa shape index (κ2) is 8.52. The van der Waals surface area contributed by atoms with Gasteiger partial charge in [-0.05, 0) is 18.6 Å². The van der Waals surface area contributed by atoms with Crippen molar-refractivity contribution in [2.24, 2.45) is 0 Å². The highest BCUT2D eigenvalue weighted by Crippen LogP contribution is 2.24. The summed E-state index contributed by atoms with van der Waals surface area (Å²) >= 11 is 1.36. The van der Waals surface area contributed by atoms with E-state index in [0.29, 0.717) is 35.9 Å². The quantitative estimate of drug-likeness (QED) is 0.574. The van der Waals surface area contributed by atoms with Crippen molar-refractivity contribution in [1.82, 2.24) is 25.0 Å². The molecule has 11 heteroatoms. The second-order valence-electron chi connectivity index (χ2n) is 6.98. The molecule has 0 bridgehead atoms. The van der Waals surface area contributed by atoms with Gasteiger partial charge in [-0.3, -0.25) is 24.6 Å². The summed E-state index contributed by atoms with van der Waals surface area (Å²) in [7, 11) is -3.59. The van der Waals surface area contributed by atoms with Crippen LogP contribution >= 0.6 is 11.3 Å². The van der Waals surface area contributed by atoms with Crippen molar-refractivity contribution in [3.8, 4) is 10.7 Å². The van der Waals surface area contributed by atoms with E-state index in [2.05, 4.69) is 15.0 Å². The molecule has 3 aromatic rings. The summed E-state index contributed by atoms with van der Waals surface area (Å²) in [6, 6.07) is 6.03. The molecule has 0 aliphatic carbocycles. The molecular weight excluding hydrogens is 438 g/mol. The third-order valence-electron chi connectivity index (χ3n) is 4.74. The Kier molecular flexibility index (Phi) is 5.79. The van der Waals surface area contributed by atoms with Crippen LogP contribution in [0.3, 0.4) is 0 Å². The van der Waals surface area contributed by atoms with Gasteiger partial charge in [-0.15, -0.1) is 11.3 Å². The van der Waals surface area contributed by atoms with E-state index in [1.165, 1.54) is 33.5 Å². The minimum atomic E-state index is -3.59. The predicted octanol–water partition coefficient (Wildman–Crippen LogP) is 1.84. The third-order valence-corrected chi connectivity index (χ3v) is 6.81. The zero-order valence-electron chi connectivity index (χ0n) is 16.6. The Morgan fingerprint density at radius 1 is 1.13 bits per heavy atom. The Hall–Kier alpha value is -3.18. The van der Waals surface area contributed by atoms with Crippen LogP contribution in [0.1, 0.15) is 22.5 Å². The molecule has 9 nitrogen and oxygen atoms in total. The number of amides is 2. The van der Waals surface area contributed by atoms with E-state index in [1.807, 2.05) is 0 Å². The van der Waals surface area contributed by atoms with Crippen molar-refractivity contribution in [2.45, 2.75) is 17.7 Å². The first-order valence-electron chi connectivity index (χ1n) is 9.46. The van der Waals surface area contributed by atoms with E-state index in [4.69, 9.17) is 0 Å². The minimum absolute atomic E-state index is 0.0221. The van der Waals surface area contributed by atoms with Gasteiger partial charge >= 0.3 is 0 Å². The van der Waals surface area contributed by atoms with Gasteiger partial charge in [0.05, 0.1) is 28.8 Å². The molecule has 1 fully saturated rings. The number of benzene rings is 1. The first-order chi connectivity index (χ1) is 14.8. The molecule has 1 saturated heterocycles. The van der Waals surface area contributed by atoms with Crippen LogP contribution in [0.2, 0.25) is 0 Å². The number of hydrazine groups is 1. The Bertz CT molecular complexity index is 1230. The van der Waals surface area contributed by atoms with Crippen molar-refractivity contribution >= 4 is 33.0 Å². The van der Waals surface area contributed by atoms with Gasteiger partial charge in [0.2, 0.25) is 5.91 Å². The van der Waals surface area contributed by atoms with Crippen molar-refractivity contribution in [2.75, 3.05) is 19.3 Å². The van der Waals surface area contributed by atoms with Gasteiger partial charge in [-0.2, -0.15) is 0 Å². The molecule has 0 spiro atoms. The molecule has 31 heavy (non-hydrogen) atoms. The molecule has 4 rings (SSSR count). The number of carbonyl (C=O) groups is 2. The summed E-state index contributed by atoms with van der Waals surface area (Å²) in [5.41, 5.74) is 1.26. The van der Waals surface area contributed by atoms with E-state index in [1.54, 1.807) is 36.1 Å². The molecule has 0 radical (unpaired) electrons. The molecule has 0 N–H and O–H groups in total. The van der Waals surface area contributed by atoms with Gasteiger partial charge in [0.1, 0.15) is 10.7 Å². The molecule has 3 heterocycles. The predicted molar refractivity (Wildman–Crippen MR) is 114 cm³/mol. The van der Waals surface area contributed by atoms with Crippen molar-refractivity contribution in [3.05, 3.63) is 59.5 Å². The Morgan fingerprint density at radius 3 is 2.65 bits per heavy atom. The van der Waals surface area contributed by atoms with Gasteiger partial charge in [-0.25, -0.2) is 18.4 Å². The fourth-order valence-electron chi connectivity index (χ4n) is 3.35. The standard InChI is InChI=1S/C20H19N5O4S2/c1-31(28,29)17-6-3-2-5-15(17)20(27)25-10-4-9-24(25)18(26)11-14-13-30-19(23-14)16-12-21-7-8-22-16/h2-3,5-8,12-13H,4,9-11H2,1H3. The molecule has 1 aromatic carbocycles. The Balaban J connectivity index is 1.52. The zero-order valence-corrected chi connectivity index (χ0v) is 18.3. The smallest absolute Gasteiger partial charge is 0.273 e. The number of hydrogen-bond acceptors (Lipinski definition) is 8. The highest BCUT2D eigenvalue weighted by Gasteiger charge is 2.33. The summed E-state index contributed by atoms with van der Waals surface area (Å²) < 4.78 is 24.2. The van der Waals surface area contributed by atoms with Crippen LogP contribution in [0.25, 0.3) is 10.7 Å². The first-order valence-corrected chi connectivity index (χ1v) is 12.2. The number of thiazole rings is 1. The highest BCUT2D eigenvalue weighted by molar-refractivity contribution is 7.90. The fraction of sp³-hybridized carbons (Fsp3) is 0.250. The van der Waals surface area contributed by atoms with Crippen LogP contribution in [-0.4, -0.2) is 64.5 Å². The lowest BCUT2D eigenvalue weighted by molar-refractivity contribution is -0.139. The average molecular weight is 458 g/mol. The average Bonchev–Trinajstić information content (AvgIpc) is 3.43. The minimum Gasteiger partial charge on any atom is -0.273 e. The van der Waals surface area contributed by atoms with Crippen LogP contribution in [0.4, 0.5) is 0 Å². The lowest BCUT2D eigenvalue weighted by Crippen LogP contribution is -2.45. The molecule has 1 aliphatic heterocycles. The number of nitrogens with zero attached hydrogens (tertiary/aromatic N) is 5. The zero-order chi connectivity index (χ0) is 22.0. The topological polar surface area (TPSA) is 113 Å². The largest absolute Gasteiger partial charge is 0.273 e. The van der Waals surface area contributed by atoms with Gasteiger partial charge in [0.15, 0.2) is 9.84 Å². The number of sulfone groups is 1. The molecule has 2 amide bonds. The van der Waals surface area contributed by atoms with E-state index < -0.39 is 15.7 Å². The number of rotatable bonds is 5. The second-order valence-corrected chi connectivity index (χ2v) is 9.82. The SMILES string of the molecule is CS(=O)(=O)c1ccccc1C(=O)N1CCCN1C(=O)Cc1csc(-c2cnccn2)n1. The van der Waals surface area contributed by atoms with E-state index in [0.717, 1.165) is 6.26 Å². The fourth-order valence-corrected chi connectivity index (χ4v) is 5.01. The van der Waals surface area contributed by atoms with Crippen LogP contribution in [0.5, 0.6) is 0 Å². The third kappa shape index (κ3) is 4.47. The first kappa shape index (κ1) is 21.1. The number of carbonyl (C=O) groups excluding carboxylic acids is 2. The highest BCUT2D eigenvalue weighted by atomic mass is 32.2. The molecule has 0 unspecified atom stereocenters. The molecule has 2 aromatic heterocycles. The van der Waals surface area contributed by atoms with Crippen LogP contribution in [0.15, 0.2) is 53.1 Å². The van der Waals surface area contributed by atoms with E-state index in [9.17, 15) is 18.0 Å². The van der Waals surface area contributed by atoms with Crippen molar-refractivity contribution < 1.29 is 18.0 Å². The molecule has 1 aliphatic rings.